The second-order valence-electron chi connectivity index (χ2n) is 4.58. The summed E-state index contributed by atoms with van der Waals surface area (Å²) in [6.45, 7) is 4.00. The summed E-state index contributed by atoms with van der Waals surface area (Å²) in [4.78, 5) is 1.18. The van der Waals surface area contributed by atoms with E-state index in [9.17, 15) is 0 Å². The SMILES string of the molecule is COc1cccc(SCCC(C)(C)C(=N)N)c1. The molecule has 0 aliphatic heterocycles. The standard InChI is InChI=1S/C13H20N2OS/c1-13(2,12(14)15)7-8-17-11-6-4-5-10(9-11)16-3/h4-6,9H,7-8H2,1-3H3,(H3,14,15). The first-order chi connectivity index (χ1) is 7.95. The van der Waals surface area contributed by atoms with E-state index in [1.165, 1.54) is 4.90 Å². The minimum Gasteiger partial charge on any atom is -0.497 e. The lowest BCUT2D eigenvalue weighted by atomic mass is 9.89. The van der Waals surface area contributed by atoms with Gasteiger partial charge >= 0.3 is 0 Å². The summed E-state index contributed by atoms with van der Waals surface area (Å²) >= 11 is 1.76. The summed E-state index contributed by atoms with van der Waals surface area (Å²) < 4.78 is 5.17. The third kappa shape index (κ3) is 4.30. The maximum atomic E-state index is 7.49. The molecule has 1 aromatic carbocycles. The Balaban J connectivity index is 2.48. The van der Waals surface area contributed by atoms with Gasteiger partial charge in [-0.3, -0.25) is 5.41 Å². The van der Waals surface area contributed by atoms with Crippen LogP contribution in [0.2, 0.25) is 0 Å². The molecule has 0 saturated carbocycles. The van der Waals surface area contributed by atoms with E-state index in [-0.39, 0.29) is 11.3 Å². The third-order valence-corrected chi connectivity index (χ3v) is 3.76. The molecule has 0 unspecified atom stereocenters. The van der Waals surface area contributed by atoms with Gasteiger partial charge in [0, 0.05) is 10.3 Å². The van der Waals surface area contributed by atoms with Crippen LogP contribution in [0.3, 0.4) is 0 Å². The molecule has 0 aliphatic carbocycles. The Labute approximate surface area is 107 Å². The fraction of sp³-hybridized carbons (Fsp3) is 0.462. The molecule has 0 fully saturated rings. The zero-order valence-electron chi connectivity index (χ0n) is 10.6. The monoisotopic (exact) mass is 252 g/mol. The number of nitrogens with one attached hydrogen (secondary N) is 1. The van der Waals surface area contributed by atoms with Gasteiger partial charge in [0.05, 0.1) is 12.9 Å². The highest BCUT2D eigenvalue weighted by molar-refractivity contribution is 7.99. The number of benzene rings is 1. The summed E-state index contributed by atoms with van der Waals surface area (Å²) in [5.41, 5.74) is 5.33. The Morgan fingerprint density at radius 3 is 2.76 bits per heavy atom. The first kappa shape index (κ1) is 13.9. The van der Waals surface area contributed by atoms with E-state index >= 15 is 0 Å². The van der Waals surface area contributed by atoms with Crippen LogP contribution in [0.5, 0.6) is 5.75 Å². The van der Waals surface area contributed by atoms with Crippen molar-refractivity contribution in [3.05, 3.63) is 24.3 Å². The van der Waals surface area contributed by atoms with E-state index in [1.54, 1.807) is 18.9 Å². The highest BCUT2D eigenvalue weighted by Crippen LogP contribution is 2.28. The minimum absolute atomic E-state index is 0.216. The Bertz CT molecular complexity index is 391. The van der Waals surface area contributed by atoms with Crippen LogP contribution >= 0.6 is 11.8 Å². The van der Waals surface area contributed by atoms with E-state index in [2.05, 4.69) is 6.07 Å². The quantitative estimate of drug-likeness (QED) is 0.464. The van der Waals surface area contributed by atoms with E-state index in [1.807, 2.05) is 32.0 Å². The minimum atomic E-state index is -0.216. The van der Waals surface area contributed by atoms with Crippen molar-refractivity contribution in [3.8, 4) is 5.75 Å². The predicted octanol–water partition coefficient (Wildman–Crippen LogP) is 3.14. The first-order valence-electron chi connectivity index (χ1n) is 5.57. The third-order valence-electron chi connectivity index (χ3n) is 2.77. The number of hydrogen-bond donors (Lipinski definition) is 2. The highest BCUT2D eigenvalue weighted by atomic mass is 32.2. The van der Waals surface area contributed by atoms with Crippen LogP contribution in [-0.2, 0) is 0 Å². The molecule has 3 nitrogen and oxygen atoms in total. The van der Waals surface area contributed by atoms with Crippen LogP contribution < -0.4 is 10.5 Å². The van der Waals surface area contributed by atoms with Gasteiger partial charge in [-0.1, -0.05) is 19.9 Å². The molecule has 17 heavy (non-hydrogen) atoms. The summed E-state index contributed by atoms with van der Waals surface area (Å²) in [5, 5.41) is 7.49. The van der Waals surface area contributed by atoms with Crippen molar-refractivity contribution in [2.75, 3.05) is 12.9 Å². The lowest BCUT2D eigenvalue weighted by molar-refractivity contribution is 0.413. The van der Waals surface area contributed by atoms with Gasteiger partial charge in [0.15, 0.2) is 0 Å². The molecule has 0 spiro atoms. The smallest absolute Gasteiger partial charge is 0.119 e. The molecule has 0 aliphatic rings. The Morgan fingerprint density at radius 2 is 2.18 bits per heavy atom. The van der Waals surface area contributed by atoms with Gasteiger partial charge in [-0.25, -0.2) is 0 Å². The molecule has 0 radical (unpaired) electrons. The fourth-order valence-corrected chi connectivity index (χ4v) is 2.47. The molecule has 0 bridgehead atoms. The molecule has 0 atom stereocenters. The van der Waals surface area contributed by atoms with Gasteiger partial charge < -0.3 is 10.5 Å². The number of nitrogens with two attached hydrogens (primary N) is 1. The van der Waals surface area contributed by atoms with Crippen LogP contribution in [0.15, 0.2) is 29.2 Å². The molecule has 1 rings (SSSR count). The fourth-order valence-electron chi connectivity index (χ4n) is 1.25. The first-order valence-corrected chi connectivity index (χ1v) is 6.55. The van der Waals surface area contributed by atoms with E-state index in [0.29, 0.717) is 0 Å². The van der Waals surface area contributed by atoms with E-state index < -0.39 is 0 Å². The number of hydrogen-bond acceptors (Lipinski definition) is 3. The van der Waals surface area contributed by atoms with Crippen molar-refractivity contribution < 1.29 is 4.74 Å². The van der Waals surface area contributed by atoms with Crippen LogP contribution in [0.4, 0.5) is 0 Å². The molecule has 0 heterocycles. The number of amidine groups is 1. The molecule has 0 aromatic heterocycles. The molecule has 4 heteroatoms. The van der Waals surface area contributed by atoms with Gasteiger partial charge in [-0.05, 0) is 30.4 Å². The molecule has 3 N–H and O–H groups in total. The van der Waals surface area contributed by atoms with Gasteiger partial charge in [0.2, 0.25) is 0 Å². The Hall–Kier alpha value is -1.16. The van der Waals surface area contributed by atoms with Crippen molar-refractivity contribution >= 4 is 17.6 Å². The summed E-state index contributed by atoms with van der Waals surface area (Å²) in [5.74, 6) is 2.07. The van der Waals surface area contributed by atoms with Crippen molar-refractivity contribution in [1.29, 1.82) is 5.41 Å². The molecule has 1 aromatic rings. The van der Waals surface area contributed by atoms with Crippen LogP contribution in [0, 0.1) is 10.8 Å². The molecular formula is C13H20N2OS. The lowest BCUT2D eigenvalue weighted by Crippen LogP contribution is -2.31. The van der Waals surface area contributed by atoms with Gasteiger partial charge in [0.25, 0.3) is 0 Å². The average molecular weight is 252 g/mol. The van der Waals surface area contributed by atoms with E-state index in [4.69, 9.17) is 15.9 Å². The largest absolute Gasteiger partial charge is 0.497 e. The summed E-state index contributed by atoms with van der Waals surface area (Å²) in [6, 6.07) is 8.00. The molecule has 94 valence electrons. The van der Waals surface area contributed by atoms with Crippen molar-refractivity contribution in [2.45, 2.75) is 25.2 Å². The van der Waals surface area contributed by atoms with Gasteiger partial charge in [0.1, 0.15) is 5.75 Å². The van der Waals surface area contributed by atoms with Crippen LogP contribution in [0.1, 0.15) is 20.3 Å². The van der Waals surface area contributed by atoms with Crippen LogP contribution in [-0.4, -0.2) is 18.7 Å². The molecule has 0 amide bonds. The number of ether oxygens (including phenoxy) is 1. The van der Waals surface area contributed by atoms with Crippen molar-refractivity contribution in [1.82, 2.24) is 0 Å². The number of rotatable bonds is 6. The Morgan fingerprint density at radius 1 is 1.47 bits per heavy atom. The summed E-state index contributed by atoms with van der Waals surface area (Å²) in [6.07, 6.45) is 0.893. The normalized spacial score (nSPS) is 11.2. The zero-order valence-corrected chi connectivity index (χ0v) is 11.4. The zero-order chi connectivity index (χ0) is 12.9. The van der Waals surface area contributed by atoms with Crippen molar-refractivity contribution in [3.63, 3.8) is 0 Å². The van der Waals surface area contributed by atoms with E-state index in [0.717, 1.165) is 17.9 Å². The maximum absolute atomic E-state index is 7.49. The topological polar surface area (TPSA) is 59.1 Å². The van der Waals surface area contributed by atoms with Gasteiger partial charge in [-0.2, -0.15) is 0 Å². The number of thioether (sulfide) groups is 1. The second-order valence-corrected chi connectivity index (χ2v) is 5.74. The van der Waals surface area contributed by atoms with Crippen molar-refractivity contribution in [2.24, 2.45) is 11.1 Å². The predicted molar refractivity (Wildman–Crippen MR) is 74.0 cm³/mol. The number of methoxy groups -OCH3 is 1. The maximum Gasteiger partial charge on any atom is 0.119 e. The average Bonchev–Trinajstić information content (AvgIpc) is 2.29. The second kappa shape index (κ2) is 5.96. The molecule has 0 saturated heterocycles. The lowest BCUT2D eigenvalue weighted by Gasteiger charge is -2.22. The Kier molecular flexibility index (Phi) is 4.87. The summed E-state index contributed by atoms with van der Waals surface area (Å²) in [7, 11) is 1.67. The molecular weight excluding hydrogens is 232 g/mol. The highest BCUT2D eigenvalue weighted by Gasteiger charge is 2.20. The van der Waals surface area contributed by atoms with Gasteiger partial charge in [-0.15, -0.1) is 11.8 Å². The van der Waals surface area contributed by atoms with Crippen LogP contribution in [0.25, 0.3) is 0 Å².